The van der Waals surface area contributed by atoms with Crippen molar-refractivity contribution in [1.29, 1.82) is 0 Å². The van der Waals surface area contributed by atoms with Gasteiger partial charge in [0.2, 0.25) is 11.8 Å². The number of hydrogen-bond acceptors (Lipinski definition) is 7. The van der Waals surface area contributed by atoms with Gasteiger partial charge in [-0.25, -0.2) is 8.78 Å². The quantitative estimate of drug-likeness (QED) is 0.126. The number of benzene rings is 2. The second-order valence-corrected chi connectivity index (χ2v) is 14.7. The number of aryl methyl sites for hydroxylation is 2. The lowest BCUT2D eigenvalue weighted by atomic mass is 9.96. The zero-order valence-corrected chi connectivity index (χ0v) is 31.3. The largest absolute Gasteiger partial charge is 0.493 e. The average molecular weight is 749 g/mol. The van der Waals surface area contributed by atoms with Crippen molar-refractivity contribution in [2.45, 2.75) is 46.1 Å². The second-order valence-electron chi connectivity index (χ2n) is 13.8. The third-order valence-corrected chi connectivity index (χ3v) is 11.0. The molecule has 6 aliphatic rings. The summed E-state index contributed by atoms with van der Waals surface area (Å²) < 4.78 is 41.9. The van der Waals surface area contributed by atoms with Crippen LogP contribution < -0.4 is 9.47 Å². The Morgan fingerprint density at radius 2 is 1.76 bits per heavy atom. The molecule has 1 fully saturated rings. The summed E-state index contributed by atoms with van der Waals surface area (Å²) in [6.07, 6.45) is 9.92. The Morgan fingerprint density at radius 1 is 0.981 bits per heavy atom. The molecule has 54 heavy (non-hydrogen) atoms. The molecule has 0 saturated carbocycles. The predicted octanol–water partition coefficient (Wildman–Crippen LogP) is 8.63. The molecule has 0 spiro atoms. The summed E-state index contributed by atoms with van der Waals surface area (Å²) in [6.45, 7) is 10.7. The molecule has 11 rings (SSSR count). The lowest BCUT2D eigenvalue weighted by Crippen LogP contribution is -2.40. The van der Waals surface area contributed by atoms with Crippen LogP contribution in [-0.2, 0) is 22.6 Å². The van der Waals surface area contributed by atoms with Crippen molar-refractivity contribution in [2.24, 2.45) is 5.92 Å². The minimum atomic E-state index is -0.392. The summed E-state index contributed by atoms with van der Waals surface area (Å²) in [6, 6.07) is 13.1. The molecule has 9 heterocycles. The molecule has 278 valence electrons. The van der Waals surface area contributed by atoms with Crippen LogP contribution in [0.4, 0.5) is 8.78 Å². The highest BCUT2D eigenvalue weighted by Gasteiger charge is 2.27. The van der Waals surface area contributed by atoms with Gasteiger partial charge in [0.05, 0.1) is 12.3 Å². The van der Waals surface area contributed by atoms with E-state index in [0.717, 1.165) is 63.1 Å². The number of amides is 2. The van der Waals surface area contributed by atoms with Crippen LogP contribution in [0.2, 0.25) is 0 Å². The van der Waals surface area contributed by atoms with Crippen molar-refractivity contribution in [2.75, 3.05) is 32.8 Å². The lowest BCUT2D eigenvalue weighted by molar-refractivity contribution is -0.135. The first-order chi connectivity index (χ1) is 26.2. The molecule has 4 bridgehead atoms. The first-order valence-electron chi connectivity index (χ1n) is 18.2. The van der Waals surface area contributed by atoms with Gasteiger partial charge in [0.15, 0.2) is 0 Å². The van der Waals surface area contributed by atoms with Gasteiger partial charge >= 0.3 is 0 Å². The van der Waals surface area contributed by atoms with E-state index >= 15 is 0 Å². The van der Waals surface area contributed by atoms with Gasteiger partial charge in [-0.1, -0.05) is 24.8 Å². The highest BCUT2D eigenvalue weighted by molar-refractivity contribution is 7.17. The SMILES string of the molecule is C=CC(=O)N1CCc2ncc(C)cc2C1.Cc1nc2c3ccsc3c1-c1ccc(F)cc1OCC1CCN(CC/C=C/COc3cc(F)ccc3-2)C(=O)C1. The molecule has 6 aliphatic heterocycles. The Kier molecular flexibility index (Phi) is 11.1. The number of halogens is 2. The summed E-state index contributed by atoms with van der Waals surface area (Å²) in [5.41, 5.74) is 7.18. The molecular weight excluding hydrogens is 707 g/mol. The Balaban J connectivity index is 0.000000251. The number of thiophene rings is 1. The van der Waals surface area contributed by atoms with Gasteiger partial charge in [0.1, 0.15) is 29.7 Å². The number of hydrogen-bond donors (Lipinski definition) is 0. The maximum absolute atomic E-state index is 14.4. The van der Waals surface area contributed by atoms with Crippen molar-refractivity contribution in [1.82, 2.24) is 19.8 Å². The van der Waals surface area contributed by atoms with Gasteiger partial charge < -0.3 is 19.3 Å². The Bertz CT molecular complexity index is 2250. The average Bonchev–Trinajstić information content (AvgIpc) is 3.65. The number of nitrogens with zero attached hydrogens (tertiary/aromatic N) is 4. The Hall–Kier alpha value is -5.42. The Labute approximate surface area is 317 Å². The summed E-state index contributed by atoms with van der Waals surface area (Å²) in [5, 5.41) is 2.89. The van der Waals surface area contributed by atoms with Crippen molar-refractivity contribution < 1.29 is 27.8 Å². The molecule has 3 aromatic heterocycles. The molecule has 0 radical (unpaired) electrons. The third kappa shape index (κ3) is 8.06. The van der Waals surface area contributed by atoms with E-state index in [2.05, 4.69) is 17.6 Å². The number of piperidine rings is 1. The van der Waals surface area contributed by atoms with E-state index in [1.54, 1.807) is 28.4 Å². The zero-order valence-electron chi connectivity index (χ0n) is 30.4. The van der Waals surface area contributed by atoms with E-state index in [-0.39, 0.29) is 30.2 Å². The first-order valence-corrected chi connectivity index (χ1v) is 19.1. The van der Waals surface area contributed by atoms with Crippen molar-refractivity contribution in [3.63, 3.8) is 0 Å². The number of carbonyl (C=O) groups excluding carboxylic acids is 2. The van der Waals surface area contributed by atoms with Crippen LogP contribution in [-0.4, -0.2) is 64.4 Å². The summed E-state index contributed by atoms with van der Waals surface area (Å²) in [7, 11) is 0. The van der Waals surface area contributed by atoms with Gasteiger partial charge in [0, 0.05) is 101 Å². The molecule has 0 aliphatic carbocycles. The van der Waals surface area contributed by atoms with Gasteiger partial charge in [-0.3, -0.25) is 19.6 Å². The number of carbonyl (C=O) groups is 2. The molecule has 5 aromatic rings. The van der Waals surface area contributed by atoms with Gasteiger partial charge in [-0.05, 0) is 79.6 Å². The number of aromatic nitrogens is 2. The van der Waals surface area contributed by atoms with Crippen LogP contribution in [0.25, 0.3) is 32.5 Å². The normalized spacial score (nSPS) is 17.6. The number of pyridine rings is 2. The maximum Gasteiger partial charge on any atom is 0.246 e. The van der Waals surface area contributed by atoms with E-state index in [0.29, 0.717) is 61.8 Å². The fourth-order valence-corrected chi connectivity index (χ4v) is 8.25. The minimum Gasteiger partial charge on any atom is -0.493 e. The number of ether oxygens (including phenoxy) is 2. The minimum absolute atomic E-state index is 0.00200. The number of fused-ring (bicyclic) bond motifs is 1. The van der Waals surface area contributed by atoms with E-state index in [4.69, 9.17) is 14.5 Å². The van der Waals surface area contributed by atoms with Gasteiger partial charge in [-0.2, -0.15) is 0 Å². The summed E-state index contributed by atoms with van der Waals surface area (Å²) in [4.78, 5) is 37.3. The van der Waals surface area contributed by atoms with Crippen LogP contribution >= 0.6 is 11.3 Å². The fraction of sp³-hybridized carbons (Fsp3) is 0.302. The molecule has 1 unspecified atom stereocenters. The van der Waals surface area contributed by atoms with Crippen LogP contribution in [0, 0.1) is 31.4 Å². The molecule has 11 heteroatoms. The molecular formula is C43H42F2N4O4S. The second kappa shape index (κ2) is 16.3. The number of rotatable bonds is 1. The summed E-state index contributed by atoms with van der Waals surface area (Å²) >= 11 is 1.56. The molecule has 8 nitrogen and oxygen atoms in total. The van der Waals surface area contributed by atoms with E-state index < -0.39 is 5.82 Å². The van der Waals surface area contributed by atoms with Crippen LogP contribution in [0.5, 0.6) is 11.5 Å². The van der Waals surface area contributed by atoms with E-state index in [9.17, 15) is 18.4 Å². The van der Waals surface area contributed by atoms with Gasteiger partial charge in [-0.15, -0.1) is 11.3 Å². The van der Waals surface area contributed by atoms with E-state index in [1.807, 2.05) is 48.5 Å². The highest BCUT2D eigenvalue weighted by atomic mass is 32.1. The molecule has 0 N–H and O–H groups in total. The first kappa shape index (κ1) is 36.9. The highest BCUT2D eigenvalue weighted by Crippen LogP contribution is 2.44. The monoisotopic (exact) mass is 748 g/mol. The van der Waals surface area contributed by atoms with Crippen molar-refractivity contribution >= 4 is 33.2 Å². The molecule has 2 aromatic carbocycles. The lowest BCUT2D eigenvalue weighted by Gasteiger charge is -2.31. The topological polar surface area (TPSA) is 84.9 Å². The van der Waals surface area contributed by atoms with Crippen LogP contribution in [0.1, 0.15) is 41.8 Å². The Morgan fingerprint density at radius 3 is 2.54 bits per heavy atom. The molecule has 1 atom stereocenters. The molecule has 1 saturated heterocycles. The maximum atomic E-state index is 14.4. The smallest absolute Gasteiger partial charge is 0.246 e. The van der Waals surface area contributed by atoms with E-state index in [1.165, 1.54) is 30.3 Å². The van der Waals surface area contributed by atoms with Crippen molar-refractivity contribution in [3.8, 4) is 33.9 Å². The van der Waals surface area contributed by atoms with Crippen LogP contribution in [0.3, 0.4) is 0 Å². The zero-order chi connectivity index (χ0) is 37.8. The third-order valence-electron chi connectivity index (χ3n) is 10.0. The fourth-order valence-electron chi connectivity index (χ4n) is 7.24. The standard InChI is InChI=1S/C31H28F2N2O3S.C12H14N2O/c1-19-29-23-7-5-21(32)16-26(23)38-18-20-9-12-35(28(36)15-20)11-3-2-4-13-37-27-17-22(33)6-8-24(27)30(34-19)25-10-14-39-31(25)29;1-3-12(15)14-5-4-11-10(8-14)6-9(2)7-13-11/h2,4-8,10,14,16-17,20H,3,9,11-13,15,18H2,1H3;3,6-7H,1,4-5,8H2,2H3/b4-2+;. The molecule has 2 amide bonds. The van der Waals surface area contributed by atoms with Gasteiger partial charge in [0.25, 0.3) is 0 Å². The van der Waals surface area contributed by atoms with Crippen molar-refractivity contribution in [3.05, 3.63) is 119 Å². The summed E-state index contributed by atoms with van der Waals surface area (Å²) in [5.74, 6) is 0.236. The predicted molar refractivity (Wildman–Crippen MR) is 207 cm³/mol. The van der Waals surface area contributed by atoms with Crippen LogP contribution in [0.15, 0.2) is 84.9 Å².